The summed E-state index contributed by atoms with van der Waals surface area (Å²) in [6, 6.07) is 6.86. The van der Waals surface area contributed by atoms with Crippen LogP contribution in [-0.2, 0) is 16.4 Å². The van der Waals surface area contributed by atoms with E-state index in [4.69, 9.17) is 5.11 Å². The Morgan fingerprint density at radius 2 is 1.72 bits per heavy atom. The van der Waals surface area contributed by atoms with E-state index in [1.54, 1.807) is 45.0 Å². The van der Waals surface area contributed by atoms with Crippen molar-refractivity contribution in [3.8, 4) is 0 Å². The number of sulfone groups is 1. The van der Waals surface area contributed by atoms with Gasteiger partial charge in [-0.3, -0.25) is 0 Å². The minimum absolute atomic E-state index is 0.358. The van der Waals surface area contributed by atoms with Gasteiger partial charge in [0, 0.05) is 13.1 Å². The van der Waals surface area contributed by atoms with Gasteiger partial charge in [-0.25, -0.2) is 8.42 Å². The second-order valence-corrected chi connectivity index (χ2v) is 7.22. The molecular formula is C13H21NO3S. The fraction of sp³-hybridized carbons (Fsp3) is 0.538. The first-order chi connectivity index (χ1) is 8.34. The zero-order valence-corrected chi connectivity index (χ0v) is 11.9. The molecule has 0 fully saturated rings. The van der Waals surface area contributed by atoms with Crippen LogP contribution in [0.2, 0.25) is 0 Å². The van der Waals surface area contributed by atoms with Gasteiger partial charge >= 0.3 is 0 Å². The summed E-state index contributed by atoms with van der Waals surface area (Å²) in [5.74, 6) is 0. The average Bonchev–Trinajstić information content (AvgIpc) is 2.29. The van der Waals surface area contributed by atoms with Gasteiger partial charge < -0.3 is 10.4 Å². The van der Waals surface area contributed by atoms with Gasteiger partial charge in [0.1, 0.15) is 0 Å². The maximum atomic E-state index is 11.9. The van der Waals surface area contributed by atoms with Crippen molar-refractivity contribution in [2.75, 3.05) is 6.54 Å². The van der Waals surface area contributed by atoms with E-state index in [2.05, 4.69) is 5.32 Å². The first-order valence-corrected chi connectivity index (χ1v) is 7.60. The van der Waals surface area contributed by atoms with Crippen LogP contribution in [0.3, 0.4) is 0 Å². The lowest BCUT2D eigenvalue weighted by molar-refractivity contribution is 0.191. The van der Waals surface area contributed by atoms with Crippen molar-refractivity contribution in [3.63, 3.8) is 0 Å². The largest absolute Gasteiger partial charge is 0.392 e. The number of aliphatic hydroxyl groups is 1. The molecule has 5 heteroatoms. The average molecular weight is 271 g/mol. The van der Waals surface area contributed by atoms with Crippen LogP contribution in [-0.4, -0.2) is 31.4 Å². The van der Waals surface area contributed by atoms with Gasteiger partial charge in [-0.2, -0.15) is 0 Å². The predicted octanol–water partition coefficient (Wildman–Crippen LogP) is 1.34. The van der Waals surface area contributed by atoms with E-state index >= 15 is 0 Å². The predicted molar refractivity (Wildman–Crippen MR) is 72.2 cm³/mol. The number of nitrogens with one attached hydrogen (secondary N) is 1. The Balaban J connectivity index is 2.69. The Kier molecular flexibility index (Phi) is 5.31. The molecule has 0 aliphatic rings. The van der Waals surface area contributed by atoms with Crippen LogP contribution in [0.1, 0.15) is 26.3 Å². The second-order valence-electron chi connectivity index (χ2n) is 4.72. The first kappa shape index (κ1) is 15.1. The van der Waals surface area contributed by atoms with Gasteiger partial charge in [0.05, 0.1) is 16.2 Å². The molecule has 4 nitrogen and oxygen atoms in total. The van der Waals surface area contributed by atoms with Crippen molar-refractivity contribution < 1.29 is 13.5 Å². The van der Waals surface area contributed by atoms with Crippen molar-refractivity contribution >= 4 is 9.84 Å². The molecule has 0 bridgehead atoms. The molecule has 18 heavy (non-hydrogen) atoms. The van der Waals surface area contributed by atoms with Crippen LogP contribution >= 0.6 is 0 Å². The summed E-state index contributed by atoms with van der Waals surface area (Å²) < 4.78 is 23.8. The molecule has 0 aliphatic carbocycles. The van der Waals surface area contributed by atoms with Crippen molar-refractivity contribution in [3.05, 3.63) is 29.8 Å². The molecule has 2 N–H and O–H groups in total. The standard InChI is InChI=1S/C13H21NO3S/c1-10(2)18(16,17)13-6-4-12(5-7-13)9-14-8-11(3)15/h4-7,10-11,14-15H,8-9H2,1-3H3. The lowest BCUT2D eigenvalue weighted by Crippen LogP contribution is -2.23. The van der Waals surface area contributed by atoms with Gasteiger partial charge in [-0.05, 0) is 38.5 Å². The fourth-order valence-electron chi connectivity index (χ4n) is 1.49. The maximum absolute atomic E-state index is 11.9. The fourth-order valence-corrected chi connectivity index (χ4v) is 2.55. The number of hydrogen-bond donors (Lipinski definition) is 2. The SMILES string of the molecule is CC(O)CNCc1ccc(S(=O)(=O)C(C)C)cc1. The molecule has 0 saturated heterocycles. The summed E-state index contributed by atoms with van der Waals surface area (Å²) in [7, 11) is -3.19. The Bertz CT molecular complexity index is 464. The normalized spacial score (nSPS) is 13.8. The van der Waals surface area contributed by atoms with Gasteiger partial charge in [0.15, 0.2) is 9.84 Å². The highest BCUT2D eigenvalue weighted by Crippen LogP contribution is 2.16. The summed E-state index contributed by atoms with van der Waals surface area (Å²) in [4.78, 5) is 0.358. The van der Waals surface area contributed by atoms with E-state index in [0.29, 0.717) is 18.0 Å². The zero-order chi connectivity index (χ0) is 13.8. The zero-order valence-electron chi connectivity index (χ0n) is 11.1. The topological polar surface area (TPSA) is 66.4 Å². The molecule has 0 aromatic heterocycles. The van der Waals surface area contributed by atoms with Crippen LogP contribution in [0.25, 0.3) is 0 Å². The van der Waals surface area contributed by atoms with E-state index in [0.717, 1.165) is 5.56 Å². The molecule has 1 aromatic rings. The quantitative estimate of drug-likeness (QED) is 0.819. The summed E-state index contributed by atoms with van der Waals surface area (Å²) in [6.45, 7) is 6.20. The lowest BCUT2D eigenvalue weighted by atomic mass is 10.2. The third-order valence-corrected chi connectivity index (χ3v) is 4.81. The maximum Gasteiger partial charge on any atom is 0.180 e. The molecule has 0 saturated carbocycles. The monoisotopic (exact) mass is 271 g/mol. The number of rotatable bonds is 6. The van der Waals surface area contributed by atoms with E-state index in [-0.39, 0.29) is 6.10 Å². The minimum Gasteiger partial charge on any atom is -0.392 e. The molecule has 1 aromatic carbocycles. The lowest BCUT2D eigenvalue weighted by Gasteiger charge is -2.10. The molecule has 0 heterocycles. The first-order valence-electron chi connectivity index (χ1n) is 6.05. The molecular weight excluding hydrogens is 250 g/mol. The number of hydrogen-bond acceptors (Lipinski definition) is 4. The summed E-state index contributed by atoms with van der Waals surface area (Å²) in [5, 5.41) is 11.8. The van der Waals surface area contributed by atoms with Gasteiger partial charge in [0.2, 0.25) is 0 Å². The Morgan fingerprint density at radius 3 is 2.17 bits per heavy atom. The Labute approximate surface area is 109 Å². The number of benzene rings is 1. The third-order valence-electron chi connectivity index (χ3n) is 2.64. The van der Waals surface area contributed by atoms with Crippen molar-refractivity contribution in [2.45, 2.75) is 43.6 Å². The minimum atomic E-state index is -3.19. The van der Waals surface area contributed by atoms with Gasteiger partial charge in [-0.1, -0.05) is 12.1 Å². The van der Waals surface area contributed by atoms with Crippen LogP contribution < -0.4 is 5.32 Å². The van der Waals surface area contributed by atoms with E-state index in [9.17, 15) is 8.42 Å². The number of aliphatic hydroxyl groups excluding tert-OH is 1. The van der Waals surface area contributed by atoms with Crippen LogP contribution in [0.4, 0.5) is 0 Å². The molecule has 102 valence electrons. The Hall–Kier alpha value is -0.910. The van der Waals surface area contributed by atoms with Crippen LogP contribution in [0.5, 0.6) is 0 Å². The van der Waals surface area contributed by atoms with E-state index < -0.39 is 15.1 Å². The third kappa shape index (κ3) is 4.08. The van der Waals surface area contributed by atoms with Crippen LogP contribution in [0, 0.1) is 0 Å². The molecule has 0 spiro atoms. The highest BCUT2D eigenvalue weighted by atomic mass is 32.2. The molecule has 1 rings (SSSR count). The Morgan fingerprint density at radius 1 is 1.17 bits per heavy atom. The highest BCUT2D eigenvalue weighted by Gasteiger charge is 2.18. The molecule has 1 atom stereocenters. The van der Waals surface area contributed by atoms with E-state index in [1.807, 2.05) is 0 Å². The van der Waals surface area contributed by atoms with Crippen molar-refractivity contribution in [1.82, 2.24) is 5.32 Å². The molecule has 1 unspecified atom stereocenters. The highest BCUT2D eigenvalue weighted by molar-refractivity contribution is 7.92. The summed E-state index contributed by atoms with van der Waals surface area (Å²) in [6.07, 6.45) is -0.384. The smallest absolute Gasteiger partial charge is 0.180 e. The summed E-state index contributed by atoms with van der Waals surface area (Å²) >= 11 is 0. The molecule has 0 radical (unpaired) electrons. The molecule has 0 amide bonds. The van der Waals surface area contributed by atoms with Crippen molar-refractivity contribution in [2.24, 2.45) is 0 Å². The van der Waals surface area contributed by atoms with Crippen molar-refractivity contribution in [1.29, 1.82) is 0 Å². The van der Waals surface area contributed by atoms with Gasteiger partial charge in [0.25, 0.3) is 0 Å². The van der Waals surface area contributed by atoms with Gasteiger partial charge in [-0.15, -0.1) is 0 Å². The molecule has 0 aliphatic heterocycles. The second kappa shape index (κ2) is 6.31. The van der Waals surface area contributed by atoms with Crippen LogP contribution in [0.15, 0.2) is 29.2 Å². The summed E-state index contributed by atoms with van der Waals surface area (Å²) in [5.41, 5.74) is 0.998. The van der Waals surface area contributed by atoms with E-state index in [1.165, 1.54) is 0 Å².